The van der Waals surface area contributed by atoms with Crippen molar-refractivity contribution in [1.29, 1.82) is 0 Å². The summed E-state index contributed by atoms with van der Waals surface area (Å²) < 4.78 is 72.0. The zero-order chi connectivity index (χ0) is 28.7. The summed E-state index contributed by atoms with van der Waals surface area (Å²) in [4.78, 5) is 107. The predicted molar refractivity (Wildman–Crippen MR) is 122 cm³/mol. The van der Waals surface area contributed by atoms with Gasteiger partial charge in [-0.05, 0) is 0 Å². The van der Waals surface area contributed by atoms with Gasteiger partial charge < -0.3 is 53.8 Å². The quantitative estimate of drug-likeness (QED) is 0.115. The Morgan fingerprint density at radius 3 is 0.722 bits per heavy atom. The van der Waals surface area contributed by atoms with Crippen LogP contribution in [0.4, 0.5) is 0 Å². The van der Waals surface area contributed by atoms with Crippen molar-refractivity contribution in [2.24, 2.45) is 0 Å². The fourth-order valence-corrected chi connectivity index (χ4v) is 13.3. The van der Waals surface area contributed by atoms with Crippen LogP contribution in [0.1, 0.15) is 0 Å². The first-order valence-electron chi connectivity index (χ1n) is 9.46. The molecule has 0 aromatic rings. The molecule has 0 spiro atoms. The molecule has 1 aliphatic heterocycles. The van der Waals surface area contributed by atoms with Crippen LogP contribution in [-0.2, 0) is 27.4 Å². The molecule has 0 aromatic heterocycles. The summed E-state index contributed by atoms with van der Waals surface area (Å²) in [5.41, 5.74) is -8.18. The molecule has 20 nitrogen and oxygen atoms in total. The largest absolute Gasteiger partial charge is 0.354 e. The van der Waals surface area contributed by atoms with Crippen molar-refractivity contribution in [3.8, 4) is 0 Å². The molecule has 0 saturated carbocycles. The number of hydrogen-bond donors (Lipinski definition) is 11. The Balaban J connectivity index is 3.73. The standard InChI is InChI=1S/C10H29N3O17P6/c1-31(14,15)8(32(16,17)18)11-2-4-12(9(33(19,20)21)34(22,23)24)6-7-13(5-3-11)10(35(25,26)27)36(28,29)30/h8-10H,2-7H2,1H3,(H,14,15)(H2,16,17,18)(H2,19,20,21)(H2,22,23,24)(H2,25,26,27)(H2,28,29,30). The maximum Gasteiger partial charge on any atom is 0.354 e. The molecule has 11 N–H and O–H groups in total. The minimum atomic E-state index is -5.67. The maximum atomic E-state index is 12.3. The van der Waals surface area contributed by atoms with Gasteiger partial charge in [0.2, 0.25) is 18.4 Å². The minimum Gasteiger partial charge on any atom is -0.343 e. The van der Waals surface area contributed by atoms with E-state index in [1.165, 1.54) is 0 Å². The van der Waals surface area contributed by atoms with E-state index in [1.54, 1.807) is 0 Å². The molecular weight excluding hydrogens is 620 g/mol. The Kier molecular flexibility index (Phi) is 11.4. The van der Waals surface area contributed by atoms with Crippen LogP contribution in [-0.4, -0.2) is 131 Å². The van der Waals surface area contributed by atoms with Gasteiger partial charge in [0.05, 0.1) is 0 Å². The van der Waals surface area contributed by atoms with Gasteiger partial charge in [-0.3, -0.25) is 42.1 Å². The van der Waals surface area contributed by atoms with Crippen LogP contribution >= 0.6 is 45.3 Å². The molecule has 2 unspecified atom stereocenters. The van der Waals surface area contributed by atoms with E-state index in [0.717, 1.165) is 0 Å². The summed E-state index contributed by atoms with van der Waals surface area (Å²) in [5.74, 6) is 0. The van der Waals surface area contributed by atoms with Crippen LogP contribution < -0.4 is 0 Å². The second-order valence-electron chi connectivity index (χ2n) is 8.04. The summed E-state index contributed by atoms with van der Waals surface area (Å²) in [6.07, 6.45) is 0. The molecule has 2 atom stereocenters. The lowest BCUT2D eigenvalue weighted by atomic mass is 10.5. The molecule has 1 fully saturated rings. The molecule has 0 bridgehead atoms. The average molecular weight is 649 g/mol. The summed E-state index contributed by atoms with van der Waals surface area (Å²) in [7, 11) is -32.9. The van der Waals surface area contributed by atoms with Crippen LogP contribution in [0.3, 0.4) is 0 Å². The first kappa shape index (κ1) is 34.8. The molecule has 0 aliphatic carbocycles. The van der Waals surface area contributed by atoms with Crippen molar-refractivity contribution < 1.29 is 81.2 Å². The lowest BCUT2D eigenvalue weighted by molar-refractivity contribution is 0.184. The number of hydrogen-bond acceptors (Lipinski definition) is 9. The van der Waals surface area contributed by atoms with Gasteiger partial charge in [-0.2, -0.15) is 0 Å². The van der Waals surface area contributed by atoms with Crippen LogP contribution in [0.15, 0.2) is 0 Å². The van der Waals surface area contributed by atoms with Crippen molar-refractivity contribution in [1.82, 2.24) is 14.7 Å². The lowest BCUT2D eigenvalue weighted by Gasteiger charge is -2.36. The molecule has 36 heavy (non-hydrogen) atoms. The highest BCUT2D eigenvalue weighted by atomic mass is 31.2. The minimum absolute atomic E-state index is 0.415. The zero-order valence-electron chi connectivity index (χ0n) is 18.4. The SMILES string of the molecule is CP(=O)(O)C(N1CCN(C(P(=O)(O)O)P(=O)(O)O)CCN(C(P(=O)(O)O)P(=O)(O)O)CC1)P(=O)(O)O. The highest BCUT2D eigenvalue weighted by Crippen LogP contribution is 2.64. The van der Waals surface area contributed by atoms with Gasteiger partial charge >= 0.3 is 38.0 Å². The molecule has 0 radical (unpaired) electrons. The molecule has 1 aliphatic rings. The smallest absolute Gasteiger partial charge is 0.343 e. The van der Waals surface area contributed by atoms with E-state index in [1.807, 2.05) is 0 Å². The van der Waals surface area contributed by atoms with Crippen LogP contribution in [0.5, 0.6) is 0 Å². The van der Waals surface area contributed by atoms with Crippen molar-refractivity contribution in [3.05, 3.63) is 0 Å². The monoisotopic (exact) mass is 649 g/mol. The van der Waals surface area contributed by atoms with Gasteiger partial charge in [-0.1, -0.05) is 0 Å². The predicted octanol–water partition coefficient (Wildman–Crippen LogP) is -2.45. The highest BCUT2D eigenvalue weighted by molar-refractivity contribution is 7.73. The third kappa shape index (κ3) is 9.78. The third-order valence-corrected chi connectivity index (χ3v) is 16.6. The van der Waals surface area contributed by atoms with E-state index in [2.05, 4.69) is 0 Å². The first-order chi connectivity index (χ1) is 15.7. The Morgan fingerprint density at radius 2 is 0.583 bits per heavy atom. The highest BCUT2D eigenvalue weighted by Gasteiger charge is 2.52. The first-order valence-corrected chi connectivity index (χ1v) is 20.0. The summed E-state index contributed by atoms with van der Waals surface area (Å²) in [5, 5.41) is 0. The molecular formula is C10H29N3O17P6. The van der Waals surface area contributed by atoms with E-state index < -0.39 is 101 Å². The van der Waals surface area contributed by atoms with Gasteiger partial charge in [0, 0.05) is 45.9 Å². The van der Waals surface area contributed by atoms with Crippen LogP contribution in [0, 0.1) is 0 Å². The molecule has 0 aromatic carbocycles. The van der Waals surface area contributed by atoms with E-state index in [9.17, 15) is 81.2 Å². The van der Waals surface area contributed by atoms with Crippen LogP contribution in [0.25, 0.3) is 0 Å². The van der Waals surface area contributed by atoms with Crippen molar-refractivity contribution in [2.45, 2.75) is 16.6 Å². The Labute approximate surface area is 204 Å². The Bertz CT molecular complexity index is 854. The van der Waals surface area contributed by atoms with Crippen molar-refractivity contribution in [2.75, 3.05) is 45.9 Å². The fourth-order valence-electron chi connectivity index (χ4n) is 3.84. The van der Waals surface area contributed by atoms with Gasteiger partial charge in [0.1, 0.15) is 0 Å². The van der Waals surface area contributed by atoms with Gasteiger partial charge in [-0.15, -0.1) is 0 Å². The van der Waals surface area contributed by atoms with Crippen LogP contribution in [0.2, 0.25) is 0 Å². The third-order valence-electron chi connectivity index (χ3n) is 4.94. The lowest BCUT2D eigenvalue weighted by Crippen LogP contribution is -2.44. The van der Waals surface area contributed by atoms with Crippen molar-refractivity contribution in [3.63, 3.8) is 0 Å². The normalized spacial score (nSPS) is 22.2. The second kappa shape index (κ2) is 11.7. The molecule has 26 heteroatoms. The molecule has 216 valence electrons. The fraction of sp³-hybridized carbons (Fsp3) is 1.00. The van der Waals surface area contributed by atoms with Gasteiger partial charge in [0.15, 0.2) is 5.52 Å². The van der Waals surface area contributed by atoms with E-state index >= 15 is 0 Å². The van der Waals surface area contributed by atoms with Gasteiger partial charge in [-0.25, -0.2) is 0 Å². The number of rotatable bonds is 9. The summed E-state index contributed by atoms with van der Waals surface area (Å²) in [6.45, 7) is -4.25. The second-order valence-corrected chi connectivity index (χ2v) is 20.0. The maximum absolute atomic E-state index is 12.3. The van der Waals surface area contributed by atoms with Gasteiger partial charge in [0.25, 0.3) is 0 Å². The molecule has 1 heterocycles. The zero-order valence-corrected chi connectivity index (χ0v) is 23.7. The summed E-state index contributed by atoms with van der Waals surface area (Å²) >= 11 is 0. The van der Waals surface area contributed by atoms with E-state index in [0.29, 0.717) is 21.4 Å². The van der Waals surface area contributed by atoms with E-state index in [-0.39, 0.29) is 0 Å². The van der Waals surface area contributed by atoms with Crippen molar-refractivity contribution >= 4 is 45.3 Å². The summed E-state index contributed by atoms with van der Waals surface area (Å²) in [6, 6.07) is 0. The van der Waals surface area contributed by atoms with E-state index in [4.69, 9.17) is 0 Å². The molecule has 1 rings (SSSR count). The molecule has 1 saturated heterocycles. The Hall–Kier alpha value is 0.820. The topological polar surface area (TPSA) is 335 Å². The average Bonchev–Trinajstić information content (AvgIpc) is 2.60. The molecule has 0 amide bonds. The number of nitrogens with zero attached hydrogens (tertiary/aromatic N) is 3. The Morgan fingerprint density at radius 1 is 0.417 bits per heavy atom.